The zero-order valence-electron chi connectivity index (χ0n) is 10.2. The molecule has 0 radical (unpaired) electrons. The second kappa shape index (κ2) is 7.00. The number of carboxylic acids is 1. The summed E-state index contributed by atoms with van der Waals surface area (Å²) < 4.78 is 0. The van der Waals surface area contributed by atoms with E-state index < -0.39 is 5.97 Å². The van der Waals surface area contributed by atoms with E-state index in [1.54, 1.807) is 42.5 Å². The van der Waals surface area contributed by atoms with Gasteiger partial charge in [-0.1, -0.05) is 12.1 Å². The SMILES string of the molecule is N#CC(C#N)=C(C#N)Nc1cccc(C=CC(=O)O)c1. The summed E-state index contributed by atoms with van der Waals surface area (Å²) in [6.45, 7) is 0. The third-order valence-corrected chi connectivity index (χ3v) is 2.16. The summed E-state index contributed by atoms with van der Waals surface area (Å²) in [5.74, 6) is -1.07. The molecule has 96 valence electrons. The van der Waals surface area contributed by atoms with Gasteiger partial charge >= 0.3 is 5.97 Å². The van der Waals surface area contributed by atoms with Crippen molar-refractivity contribution in [3.8, 4) is 18.2 Å². The van der Waals surface area contributed by atoms with Gasteiger partial charge in [0.1, 0.15) is 23.9 Å². The fourth-order valence-electron chi connectivity index (χ4n) is 1.32. The van der Waals surface area contributed by atoms with Crippen molar-refractivity contribution in [1.82, 2.24) is 0 Å². The first-order valence-corrected chi connectivity index (χ1v) is 5.33. The van der Waals surface area contributed by atoms with Gasteiger partial charge in [-0.15, -0.1) is 0 Å². The highest BCUT2D eigenvalue weighted by Crippen LogP contribution is 2.15. The van der Waals surface area contributed by atoms with Gasteiger partial charge in [0.15, 0.2) is 5.57 Å². The van der Waals surface area contributed by atoms with Gasteiger partial charge in [0.2, 0.25) is 0 Å². The number of nitriles is 3. The van der Waals surface area contributed by atoms with E-state index in [9.17, 15) is 4.79 Å². The van der Waals surface area contributed by atoms with Crippen molar-refractivity contribution in [2.45, 2.75) is 0 Å². The van der Waals surface area contributed by atoms with Crippen molar-refractivity contribution >= 4 is 17.7 Å². The molecule has 0 fully saturated rings. The van der Waals surface area contributed by atoms with Crippen LogP contribution in [0.3, 0.4) is 0 Å². The molecule has 0 aliphatic carbocycles. The molecule has 0 heterocycles. The zero-order chi connectivity index (χ0) is 15.0. The predicted molar refractivity (Wildman–Crippen MR) is 70.6 cm³/mol. The van der Waals surface area contributed by atoms with E-state index >= 15 is 0 Å². The third-order valence-electron chi connectivity index (χ3n) is 2.16. The Balaban J connectivity index is 3.07. The van der Waals surface area contributed by atoms with Crippen LogP contribution >= 0.6 is 0 Å². The predicted octanol–water partition coefficient (Wildman–Crippen LogP) is 2.02. The van der Waals surface area contributed by atoms with Crippen LogP contribution in [0.1, 0.15) is 5.56 Å². The Morgan fingerprint density at radius 2 is 1.90 bits per heavy atom. The van der Waals surface area contributed by atoms with E-state index in [4.69, 9.17) is 20.9 Å². The molecule has 6 heteroatoms. The van der Waals surface area contributed by atoms with Crippen molar-refractivity contribution in [3.63, 3.8) is 0 Å². The fraction of sp³-hybridized carbons (Fsp3) is 0. The highest BCUT2D eigenvalue weighted by molar-refractivity contribution is 5.85. The van der Waals surface area contributed by atoms with Gasteiger partial charge in [0.05, 0.1) is 0 Å². The Labute approximate surface area is 115 Å². The molecule has 1 rings (SSSR count). The molecule has 0 aliphatic heterocycles. The summed E-state index contributed by atoms with van der Waals surface area (Å²) in [4.78, 5) is 10.4. The van der Waals surface area contributed by atoms with Gasteiger partial charge in [-0.25, -0.2) is 4.79 Å². The molecule has 6 nitrogen and oxygen atoms in total. The number of carboxylic acid groups (broad SMARTS) is 1. The molecule has 0 spiro atoms. The van der Waals surface area contributed by atoms with Crippen molar-refractivity contribution in [1.29, 1.82) is 15.8 Å². The first kappa shape index (κ1) is 14.5. The van der Waals surface area contributed by atoms with E-state index in [-0.39, 0.29) is 11.3 Å². The summed E-state index contributed by atoms with van der Waals surface area (Å²) in [5, 5.41) is 37.5. The molecule has 0 aliphatic rings. The van der Waals surface area contributed by atoms with E-state index in [1.807, 2.05) is 0 Å². The maximum Gasteiger partial charge on any atom is 0.328 e. The zero-order valence-corrected chi connectivity index (χ0v) is 10.2. The van der Waals surface area contributed by atoms with Gasteiger partial charge in [0.25, 0.3) is 0 Å². The molecular weight excluding hydrogens is 256 g/mol. The molecule has 0 aromatic heterocycles. The highest BCUT2D eigenvalue weighted by Gasteiger charge is 2.05. The molecule has 0 atom stereocenters. The van der Waals surface area contributed by atoms with E-state index in [1.165, 1.54) is 6.08 Å². The summed E-state index contributed by atoms with van der Waals surface area (Å²) >= 11 is 0. The summed E-state index contributed by atoms with van der Waals surface area (Å²) in [6.07, 6.45) is 2.37. The van der Waals surface area contributed by atoms with Crippen LogP contribution < -0.4 is 5.32 Å². The lowest BCUT2D eigenvalue weighted by Gasteiger charge is -2.05. The quantitative estimate of drug-likeness (QED) is 0.633. The number of carbonyl (C=O) groups is 1. The average molecular weight is 264 g/mol. The molecule has 20 heavy (non-hydrogen) atoms. The van der Waals surface area contributed by atoms with Crippen molar-refractivity contribution in [3.05, 3.63) is 47.2 Å². The molecular formula is C14H8N4O2. The summed E-state index contributed by atoms with van der Waals surface area (Å²) in [5.41, 5.74) is 0.593. The van der Waals surface area contributed by atoms with Crippen LogP contribution in [0.2, 0.25) is 0 Å². The van der Waals surface area contributed by atoms with Gasteiger partial charge in [0, 0.05) is 11.8 Å². The number of hydrogen-bond donors (Lipinski definition) is 2. The number of nitrogens with one attached hydrogen (secondary N) is 1. The number of nitrogens with zero attached hydrogens (tertiary/aromatic N) is 3. The lowest BCUT2D eigenvalue weighted by atomic mass is 10.1. The van der Waals surface area contributed by atoms with Crippen LogP contribution in [0.4, 0.5) is 5.69 Å². The lowest BCUT2D eigenvalue weighted by molar-refractivity contribution is -0.131. The molecule has 1 aromatic rings. The van der Waals surface area contributed by atoms with E-state index in [2.05, 4.69) is 5.32 Å². The fourth-order valence-corrected chi connectivity index (χ4v) is 1.32. The van der Waals surface area contributed by atoms with Crippen LogP contribution in [-0.4, -0.2) is 11.1 Å². The maximum atomic E-state index is 10.4. The van der Waals surface area contributed by atoms with Gasteiger partial charge in [-0.3, -0.25) is 0 Å². The van der Waals surface area contributed by atoms with Gasteiger partial charge in [-0.05, 0) is 23.8 Å². The van der Waals surface area contributed by atoms with Crippen molar-refractivity contribution in [2.24, 2.45) is 0 Å². The molecule has 2 N–H and O–H groups in total. The van der Waals surface area contributed by atoms with Crippen LogP contribution in [0.5, 0.6) is 0 Å². The first-order valence-electron chi connectivity index (χ1n) is 5.33. The second-order valence-corrected chi connectivity index (χ2v) is 3.51. The molecule has 0 saturated heterocycles. The number of benzene rings is 1. The van der Waals surface area contributed by atoms with Gasteiger partial charge < -0.3 is 10.4 Å². The molecule has 0 saturated carbocycles. The molecule has 0 bridgehead atoms. The van der Waals surface area contributed by atoms with E-state index in [0.717, 1.165) is 6.08 Å². The number of hydrogen-bond acceptors (Lipinski definition) is 5. The minimum absolute atomic E-state index is 0.158. The number of rotatable bonds is 4. The van der Waals surface area contributed by atoms with E-state index in [0.29, 0.717) is 11.3 Å². The average Bonchev–Trinajstić information content (AvgIpc) is 2.45. The molecule has 0 unspecified atom stereocenters. The Bertz CT molecular complexity index is 696. The number of aliphatic carboxylic acids is 1. The monoisotopic (exact) mass is 264 g/mol. The Hall–Kier alpha value is -3.56. The largest absolute Gasteiger partial charge is 0.478 e. The standard InChI is InChI=1S/C14H8N4O2/c15-7-11(8-16)13(9-17)18-12-3-1-2-10(6-12)4-5-14(19)20/h1-6,18H,(H,19,20). The summed E-state index contributed by atoms with van der Waals surface area (Å²) in [6, 6.07) is 11.5. The maximum absolute atomic E-state index is 10.4. The highest BCUT2D eigenvalue weighted by atomic mass is 16.4. The molecule has 0 amide bonds. The van der Waals surface area contributed by atoms with Crippen LogP contribution in [0, 0.1) is 34.0 Å². The topological polar surface area (TPSA) is 121 Å². The Morgan fingerprint density at radius 1 is 1.20 bits per heavy atom. The smallest absolute Gasteiger partial charge is 0.328 e. The molecule has 1 aromatic carbocycles. The normalized spacial score (nSPS) is 9.05. The number of anilines is 1. The Morgan fingerprint density at radius 3 is 2.45 bits per heavy atom. The van der Waals surface area contributed by atoms with Crippen LogP contribution in [-0.2, 0) is 4.79 Å². The Kier molecular flexibility index (Phi) is 5.08. The minimum atomic E-state index is -1.07. The third kappa shape index (κ3) is 4.03. The summed E-state index contributed by atoms with van der Waals surface area (Å²) in [7, 11) is 0. The second-order valence-electron chi connectivity index (χ2n) is 3.51. The van der Waals surface area contributed by atoms with Crippen molar-refractivity contribution in [2.75, 3.05) is 5.32 Å². The van der Waals surface area contributed by atoms with Crippen LogP contribution in [0.15, 0.2) is 41.6 Å². The lowest BCUT2D eigenvalue weighted by Crippen LogP contribution is -2.00. The minimum Gasteiger partial charge on any atom is -0.478 e. The number of allylic oxidation sites excluding steroid dienone is 2. The van der Waals surface area contributed by atoms with Crippen LogP contribution in [0.25, 0.3) is 6.08 Å². The first-order chi connectivity index (χ1) is 9.60. The van der Waals surface area contributed by atoms with Gasteiger partial charge in [-0.2, -0.15) is 15.8 Å². The van der Waals surface area contributed by atoms with Crippen molar-refractivity contribution < 1.29 is 9.90 Å².